The third kappa shape index (κ3) is 18.5. The summed E-state index contributed by atoms with van der Waals surface area (Å²) in [5.74, 6) is 17.8. The van der Waals surface area contributed by atoms with Gasteiger partial charge in [0.2, 0.25) is 0 Å². The molecule has 0 spiro atoms. The van der Waals surface area contributed by atoms with Gasteiger partial charge in [0.1, 0.15) is 28.0 Å². The molecule has 20 fully saturated rings. The average Bonchev–Trinajstić information content (AvgIpc) is 0.701. The van der Waals surface area contributed by atoms with E-state index < -0.39 is 0 Å². The van der Waals surface area contributed by atoms with Crippen molar-refractivity contribution in [1.29, 1.82) is 0 Å². The molecular weight excluding hydrogens is 1420 g/mol. The first-order valence-electron chi connectivity index (χ1n) is 49.7. The van der Waals surface area contributed by atoms with Crippen LogP contribution in [0.5, 0.6) is 0 Å². The van der Waals surface area contributed by atoms with Gasteiger partial charge in [0.15, 0.2) is 0 Å². The van der Waals surface area contributed by atoms with Crippen LogP contribution in [0, 0.1) is 180 Å². The molecule has 0 radical (unpaired) electrons. The second-order valence-corrected chi connectivity index (χ2v) is 49.8. The van der Waals surface area contributed by atoms with Crippen molar-refractivity contribution in [2.24, 2.45) is 180 Å². The summed E-state index contributed by atoms with van der Waals surface area (Å²) >= 11 is 0. The third-order valence-corrected chi connectivity index (χ3v) is 37.8. The Morgan fingerprint density at radius 2 is 0.557 bits per heavy atom. The van der Waals surface area contributed by atoms with Crippen LogP contribution in [0.15, 0.2) is 0 Å². The van der Waals surface area contributed by atoms with Gasteiger partial charge >= 0.3 is 29.8 Å². The smallest absolute Gasteiger partial charge is 0.312 e. The van der Waals surface area contributed by atoms with Gasteiger partial charge in [-0.15, -0.1) is 0 Å². The van der Waals surface area contributed by atoms with E-state index in [1.807, 2.05) is 69.2 Å². The van der Waals surface area contributed by atoms with E-state index in [2.05, 4.69) is 125 Å². The maximum absolute atomic E-state index is 13.0. The quantitative estimate of drug-likeness (QED) is 0.0609. The van der Waals surface area contributed by atoms with E-state index in [0.29, 0.717) is 82.9 Å². The van der Waals surface area contributed by atoms with Crippen LogP contribution in [-0.2, 0) is 47.7 Å². The molecule has 10 nitrogen and oxygen atoms in total. The molecule has 2 unspecified atom stereocenters. The maximum Gasteiger partial charge on any atom is 0.312 e. The fraction of sp³-hybridized carbons (Fsp3) is 0.952. The highest BCUT2D eigenvalue weighted by atomic mass is 16.6. The lowest BCUT2D eigenvalue weighted by molar-refractivity contribution is -0.254. The molecule has 660 valence electrons. The average molecular weight is 1600 g/mol. The first-order chi connectivity index (χ1) is 53.5. The van der Waals surface area contributed by atoms with Crippen LogP contribution >= 0.6 is 0 Å². The van der Waals surface area contributed by atoms with Gasteiger partial charge < -0.3 is 23.7 Å². The van der Waals surface area contributed by atoms with Crippen molar-refractivity contribution >= 4 is 29.8 Å². The number of carbonyl (C=O) groups is 5. The fourth-order valence-electron chi connectivity index (χ4n) is 28.9. The van der Waals surface area contributed by atoms with Gasteiger partial charge in [0, 0.05) is 17.3 Å². The van der Waals surface area contributed by atoms with Gasteiger partial charge in [-0.3, -0.25) is 24.0 Å². The third-order valence-electron chi connectivity index (χ3n) is 37.8. The highest BCUT2D eigenvalue weighted by Gasteiger charge is 2.68. The molecule has 115 heavy (non-hydrogen) atoms. The molecule has 0 aromatic carbocycles. The molecule has 20 aliphatic carbocycles. The minimum atomic E-state index is -0.370. The molecule has 0 aromatic rings. The largest absolute Gasteiger partial charge is 0.458 e. The van der Waals surface area contributed by atoms with E-state index in [1.54, 1.807) is 0 Å². The van der Waals surface area contributed by atoms with Crippen LogP contribution in [-0.4, -0.2) is 57.9 Å². The van der Waals surface area contributed by atoms with E-state index in [4.69, 9.17) is 23.7 Å². The summed E-state index contributed by atoms with van der Waals surface area (Å²) in [6.07, 6.45) is 44.1. The first-order valence-corrected chi connectivity index (χ1v) is 49.7. The number of hydrogen-bond acceptors (Lipinski definition) is 10. The fourth-order valence-corrected chi connectivity index (χ4v) is 28.9. The van der Waals surface area contributed by atoms with Gasteiger partial charge in [-0.25, -0.2) is 0 Å². The van der Waals surface area contributed by atoms with Crippen LogP contribution in [0.1, 0.15) is 425 Å². The number of rotatable bonds is 26. The van der Waals surface area contributed by atoms with Crippen LogP contribution in [0.3, 0.4) is 0 Å². The summed E-state index contributed by atoms with van der Waals surface area (Å²) in [6.45, 7) is 60.9. The Kier molecular flexibility index (Phi) is 28.2. The lowest BCUT2D eigenvalue weighted by atomic mass is 9.44. The number of carbonyl (C=O) groups excluding carboxylic acids is 5. The van der Waals surface area contributed by atoms with Crippen molar-refractivity contribution in [3.05, 3.63) is 0 Å². The molecular formula is C105H180O10. The summed E-state index contributed by atoms with van der Waals surface area (Å²) in [5, 5.41) is 0. The first kappa shape index (κ1) is 93.1. The molecule has 20 bridgehead atoms. The highest BCUT2D eigenvalue weighted by molar-refractivity contribution is 5.78. The van der Waals surface area contributed by atoms with Crippen molar-refractivity contribution in [1.82, 2.24) is 0 Å². The SMILES string of the molecule is CCC(C)(C)C(=O)OC1(C(C)(C)CC)C2CC3CC(C2)CC1C3.CCC(C)(C)C(=O)OC1(C(C)C(C)C)C2CC3CC(C2)CC1C3.CCC(C)(C)C(=O)OC1(CC(C)(C)C)C2CC3CC(C2)CC1C3.CCC(C)(C)C(=O)OC1(CCC(C)C)C2CC3CC(C2)CC1C3.CCC(C)CC1(OC(=O)C(C)(C)CC)C2CC3CC(C2)CC1C3. The summed E-state index contributed by atoms with van der Waals surface area (Å²) in [4.78, 5) is 64.8. The van der Waals surface area contributed by atoms with Crippen LogP contribution in [0.4, 0.5) is 0 Å². The standard InChI is InChI=1S/5C21H36O2/c1-7-20(5,6)18(22)23-21(13-19(2,3)4)16-9-14-8-15(11-16)12-17(21)10-14;1-7-20(5,6)19(22)23-21(14(4)13(2)3)17-9-15-8-16(11-17)12-18(21)10-15;1-7-19(3,4)18(22)23-21(20(5,6)8-2)16-10-14-9-15(12-16)13-17(21)11-14;1-6-20(4,5)19(22)23-21(8-7-14(2)3)17-10-15-9-16(12-17)13-18(21)11-15;1-6-14(3)13-21(23-19(22)20(4,5)7-2)17-9-15-8-16(11-17)12-18(21)10-15/h14-17H,7-13H2,1-6H3;13-18H,7-12H2,1-6H3;14-17H,7-13H2,1-6H3;2*14-18H,6-13H2,1-5H3. The predicted octanol–water partition coefficient (Wildman–Crippen LogP) is 27.8. The Hall–Kier alpha value is -2.65. The highest BCUT2D eigenvalue weighted by Crippen LogP contribution is 2.69. The van der Waals surface area contributed by atoms with Crippen molar-refractivity contribution in [2.45, 2.75) is 453 Å². The molecule has 0 aliphatic heterocycles. The summed E-state index contributed by atoms with van der Waals surface area (Å²) in [5.41, 5.74) is -2.41. The van der Waals surface area contributed by atoms with Crippen LogP contribution in [0.25, 0.3) is 0 Å². The van der Waals surface area contributed by atoms with E-state index >= 15 is 0 Å². The molecule has 0 heterocycles. The van der Waals surface area contributed by atoms with Crippen molar-refractivity contribution in [3.63, 3.8) is 0 Å². The lowest BCUT2D eigenvalue weighted by Gasteiger charge is -2.65. The van der Waals surface area contributed by atoms with Crippen LogP contribution < -0.4 is 0 Å². The Labute approximate surface area is 706 Å². The Morgan fingerprint density at radius 3 is 0.826 bits per heavy atom. The molecule has 0 amide bonds. The minimum Gasteiger partial charge on any atom is -0.458 e. The second kappa shape index (κ2) is 34.8. The van der Waals surface area contributed by atoms with Crippen molar-refractivity contribution < 1.29 is 47.7 Å². The van der Waals surface area contributed by atoms with E-state index in [1.165, 1.54) is 173 Å². The molecule has 20 aliphatic rings. The lowest BCUT2D eigenvalue weighted by Crippen LogP contribution is -2.66. The molecule has 10 heteroatoms. The van der Waals surface area contributed by atoms with Gasteiger partial charge in [-0.2, -0.15) is 0 Å². The van der Waals surface area contributed by atoms with Crippen LogP contribution in [0.2, 0.25) is 0 Å². The molecule has 0 N–H and O–H groups in total. The summed E-state index contributed by atoms with van der Waals surface area (Å²) in [7, 11) is 0. The second-order valence-electron chi connectivity index (χ2n) is 49.8. The van der Waals surface area contributed by atoms with E-state index in [9.17, 15) is 24.0 Å². The van der Waals surface area contributed by atoms with E-state index in [0.717, 1.165) is 117 Å². The van der Waals surface area contributed by atoms with Crippen molar-refractivity contribution in [3.8, 4) is 0 Å². The summed E-state index contributed by atoms with van der Waals surface area (Å²) in [6, 6.07) is 0. The van der Waals surface area contributed by atoms with Crippen molar-refractivity contribution in [2.75, 3.05) is 0 Å². The van der Waals surface area contributed by atoms with Gasteiger partial charge in [0.25, 0.3) is 0 Å². The number of hydrogen-bond donors (Lipinski definition) is 0. The van der Waals surface area contributed by atoms with Gasteiger partial charge in [-0.1, -0.05) is 131 Å². The monoisotopic (exact) mass is 1600 g/mol. The molecule has 20 rings (SSSR count). The minimum absolute atomic E-state index is 0.0361. The topological polar surface area (TPSA) is 132 Å². The Balaban J connectivity index is 0.000000142. The zero-order valence-corrected chi connectivity index (χ0v) is 79.9. The van der Waals surface area contributed by atoms with Gasteiger partial charge in [0.05, 0.1) is 27.1 Å². The zero-order valence-electron chi connectivity index (χ0n) is 79.9. The molecule has 2 atom stereocenters. The number of esters is 5. The van der Waals surface area contributed by atoms with E-state index in [-0.39, 0.29) is 95.8 Å². The maximum atomic E-state index is 13.0. The normalized spacial score (nSPS) is 39.8. The zero-order chi connectivity index (χ0) is 84.7. The predicted molar refractivity (Wildman–Crippen MR) is 470 cm³/mol. The van der Waals surface area contributed by atoms with Gasteiger partial charge in [-0.05, 0) is 430 Å². The Morgan fingerprint density at radius 1 is 0.304 bits per heavy atom. The number of ether oxygens (including phenoxy) is 5. The molecule has 0 saturated heterocycles. The summed E-state index contributed by atoms with van der Waals surface area (Å²) < 4.78 is 32.6. The molecule has 0 aromatic heterocycles. The Bertz CT molecular complexity index is 3160. The molecule has 20 saturated carbocycles.